The Kier molecular flexibility index (Phi) is 4.82. The summed E-state index contributed by atoms with van der Waals surface area (Å²) in [6, 6.07) is 13.0. The highest BCUT2D eigenvalue weighted by atomic mass is 19.4. The number of aliphatic hydroxyl groups is 1. The Balaban J connectivity index is 2.08. The van der Waals surface area contributed by atoms with Crippen LogP contribution in [0.5, 0.6) is 0 Å². The number of alkyl halides is 3. The second-order valence-electron chi connectivity index (χ2n) is 6.52. The second kappa shape index (κ2) is 6.81. The second-order valence-corrected chi connectivity index (χ2v) is 6.52. The Bertz CT molecular complexity index is 891. The third-order valence-electron chi connectivity index (χ3n) is 4.70. The molecule has 1 heterocycles. The highest BCUT2D eigenvalue weighted by Gasteiger charge is 2.53. The van der Waals surface area contributed by atoms with E-state index in [9.17, 15) is 23.1 Å². The molecule has 1 aliphatic rings. The maximum atomic E-state index is 13.3. The summed E-state index contributed by atoms with van der Waals surface area (Å²) in [5, 5.41) is 15.2. The normalized spacial score (nSPS) is 19.9. The largest absolute Gasteiger partial charge is 0.431 e. The van der Waals surface area contributed by atoms with Crippen LogP contribution in [0.15, 0.2) is 53.6 Å². The third kappa shape index (κ3) is 3.47. The molecule has 7 heteroatoms. The van der Waals surface area contributed by atoms with Gasteiger partial charge >= 0.3 is 6.18 Å². The van der Waals surface area contributed by atoms with E-state index in [1.807, 2.05) is 6.92 Å². The van der Waals surface area contributed by atoms with Crippen molar-refractivity contribution in [2.45, 2.75) is 38.6 Å². The van der Waals surface area contributed by atoms with Gasteiger partial charge in [0.05, 0.1) is 6.42 Å². The number of hydrogen-bond donors (Lipinski definition) is 1. The maximum Gasteiger partial charge on any atom is 0.431 e. The molecule has 1 atom stereocenters. The van der Waals surface area contributed by atoms with Crippen molar-refractivity contribution in [3.05, 3.63) is 70.8 Å². The topological polar surface area (TPSA) is 52.9 Å². The molecule has 3 rings (SSSR count). The monoisotopic (exact) mass is 376 g/mol. The Morgan fingerprint density at radius 3 is 2.37 bits per heavy atom. The zero-order valence-corrected chi connectivity index (χ0v) is 14.9. The lowest BCUT2D eigenvalue weighted by molar-refractivity contribution is -0.0816. The highest BCUT2D eigenvalue weighted by molar-refractivity contribution is 6.00. The smallest absolute Gasteiger partial charge is 0.365 e. The quantitative estimate of drug-likeness (QED) is 0.874. The Hall–Kier alpha value is -2.67. The number of carbonyl (C=O) groups is 1. The van der Waals surface area contributed by atoms with E-state index < -0.39 is 29.9 Å². The molecule has 0 fully saturated rings. The van der Waals surface area contributed by atoms with Crippen LogP contribution >= 0.6 is 0 Å². The molecule has 0 spiro atoms. The van der Waals surface area contributed by atoms with Crippen molar-refractivity contribution in [2.75, 3.05) is 0 Å². The molecule has 2 aromatic rings. The molecule has 27 heavy (non-hydrogen) atoms. The number of benzene rings is 2. The highest BCUT2D eigenvalue weighted by Crippen LogP contribution is 2.40. The fraction of sp³-hybridized carbons (Fsp3) is 0.300. The van der Waals surface area contributed by atoms with Crippen molar-refractivity contribution in [3.8, 4) is 0 Å². The summed E-state index contributed by atoms with van der Waals surface area (Å²) >= 11 is 0. The number of aryl methyl sites for hydroxylation is 2. The first kappa shape index (κ1) is 19.1. The number of carbonyl (C=O) groups excluding carboxylic acids is 1. The predicted octanol–water partition coefficient (Wildman–Crippen LogP) is 4.17. The minimum Gasteiger partial charge on any atom is -0.365 e. The van der Waals surface area contributed by atoms with Crippen LogP contribution in [-0.4, -0.2) is 27.9 Å². The molecule has 0 aliphatic carbocycles. The van der Waals surface area contributed by atoms with Crippen LogP contribution < -0.4 is 0 Å². The van der Waals surface area contributed by atoms with Gasteiger partial charge in [-0.25, -0.2) is 0 Å². The van der Waals surface area contributed by atoms with Crippen molar-refractivity contribution in [2.24, 2.45) is 5.10 Å². The number of rotatable bonds is 3. The average molecular weight is 376 g/mol. The summed E-state index contributed by atoms with van der Waals surface area (Å²) in [4.78, 5) is 12.9. The van der Waals surface area contributed by atoms with Crippen LogP contribution in [0.1, 0.15) is 40.4 Å². The number of nitrogens with zero attached hydrogens (tertiary/aromatic N) is 2. The van der Waals surface area contributed by atoms with Gasteiger partial charge in [0.2, 0.25) is 0 Å². The molecule has 2 aromatic carbocycles. The van der Waals surface area contributed by atoms with Gasteiger partial charge in [-0.15, -0.1) is 0 Å². The summed E-state index contributed by atoms with van der Waals surface area (Å²) in [5.74, 6) is -0.783. The zero-order valence-electron chi connectivity index (χ0n) is 14.9. The Morgan fingerprint density at radius 2 is 1.81 bits per heavy atom. The van der Waals surface area contributed by atoms with E-state index in [0.717, 1.165) is 12.0 Å². The molecule has 0 unspecified atom stereocenters. The third-order valence-corrected chi connectivity index (χ3v) is 4.70. The molecule has 1 amide bonds. The van der Waals surface area contributed by atoms with Crippen molar-refractivity contribution in [1.82, 2.24) is 5.01 Å². The average Bonchev–Trinajstić information content (AvgIpc) is 3.01. The van der Waals surface area contributed by atoms with E-state index in [4.69, 9.17) is 0 Å². The van der Waals surface area contributed by atoms with E-state index in [1.54, 1.807) is 37.3 Å². The van der Waals surface area contributed by atoms with Gasteiger partial charge in [0.15, 0.2) is 5.72 Å². The molecule has 0 saturated heterocycles. The van der Waals surface area contributed by atoms with E-state index >= 15 is 0 Å². The summed E-state index contributed by atoms with van der Waals surface area (Å²) < 4.78 is 39.8. The number of amides is 1. The van der Waals surface area contributed by atoms with Crippen LogP contribution in [0.2, 0.25) is 0 Å². The van der Waals surface area contributed by atoms with Crippen LogP contribution in [0.25, 0.3) is 0 Å². The van der Waals surface area contributed by atoms with Gasteiger partial charge in [-0.05, 0) is 30.5 Å². The van der Waals surface area contributed by atoms with E-state index in [1.165, 1.54) is 18.2 Å². The van der Waals surface area contributed by atoms with Crippen molar-refractivity contribution in [1.29, 1.82) is 0 Å². The van der Waals surface area contributed by atoms with Gasteiger partial charge < -0.3 is 5.11 Å². The van der Waals surface area contributed by atoms with Gasteiger partial charge in [0.25, 0.3) is 5.91 Å². The molecule has 0 radical (unpaired) electrons. The molecule has 1 aliphatic heterocycles. The fourth-order valence-electron chi connectivity index (χ4n) is 3.08. The van der Waals surface area contributed by atoms with Crippen LogP contribution in [0.4, 0.5) is 13.2 Å². The first-order valence-electron chi connectivity index (χ1n) is 8.53. The summed E-state index contributed by atoms with van der Waals surface area (Å²) in [5.41, 5.74) is -1.46. The van der Waals surface area contributed by atoms with E-state index in [2.05, 4.69) is 5.10 Å². The van der Waals surface area contributed by atoms with Gasteiger partial charge in [0.1, 0.15) is 5.71 Å². The van der Waals surface area contributed by atoms with Crippen molar-refractivity contribution >= 4 is 11.6 Å². The molecular formula is C20H19F3N2O2. The molecular weight excluding hydrogens is 357 g/mol. The lowest BCUT2D eigenvalue weighted by Gasteiger charge is -2.32. The standard InChI is InChI=1S/C20H19F3N2O2/c1-3-14-8-10-15(11-9-14)19(27)12-17(20(21,22)23)24-25(19)18(26)16-7-5-4-6-13(16)2/h4-11,27H,3,12H2,1-2H3/t19-/m1/s1. The molecule has 142 valence electrons. The Labute approximate surface area is 154 Å². The van der Waals surface area contributed by atoms with E-state index in [-0.39, 0.29) is 11.1 Å². The molecule has 4 nitrogen and oxygen atoms in total. The van der Waals surface area contributed by atoms with Crippen LogP contribution in [0.3, 0.4) is 0 Å². The van der Waals surface area contributed by atoms with Crippen molar-refractivity contribution in [3.63, 3.8) is 0 Å². The summed E-state index contributed by atoms with van der Waals surface area (Å²) in [6.07, 6.45) is -4.81. The SMILES string of the molecule is CCc1ccc([C@]2(O)CC(C(F)(F)F)=NN2C(=O)c2ccccc2C)cc1. The zero-order chi connectivity index (χ0) is 19.8. The van der Waals surface area contributed by atoms with Gasteiger partial charge in [-0.2, -0.15) is 23.3 Å². The molecule has 0 saturated carbocycles. The number of hydrazone groups is 1. The molecule has 0 aromatic heterocycles. The Morgan fingerprint density at radius 1 is 1.19 bits per heavy atom. The minimum atomic E-state index is -4.74. The lowest BCUT2D eigenvalue weighted by atomic mass is 9.95. The van der Waals surface area contributed by atoms with Crippen LogP contribution in [-0.2, 0) is 12.1 Å². The maximum absolute atomic E-state index is 13.3. The fourth-order valence-corrected chi connectivity index (χ4v) is 3.08. The van der Waals surface area contributed by atoms with Gasteiger partial charge in [-0.3, -0.25) is 4.79 Å². The summed E-state index contributed by atoms with van der Waals surface area (Å²) in [6.45, 7) is 3.62. The first-order valence-corrected chi connectivity index (χ1v) is 8.53. The number of halogens is 3. The van der Waals surface area contributed by atoms with E-state index in [0.29, 0.717) is 10.6 Å². The first-order chi connectivity index (χ1) is 12.7. The van der Waals surface area contributed by atoms with Crippen molar-refractivity contribution < 1.29 is 23.1 Å². The predicted molar refractivity (Wildman–Crippen MR) is 95.2 cm³/mol. The summed E-state index contributed by atoms with van der Waals surface area (Å²) in [7, 11) is 0. The molecule has 1 N–H and O–H groups in total. The van der Waals surface area contributed by atoms with Gasteiger partial charge in [0, 0.05) is 11.1 Å². The number of hydrogen-bond acceptors (Lipinski definition) is 3. The lowest BCUT2D eigenvalue weighted by Crippen LogP contribution is -2.44. The molecule has 0 bridgehead atoms. The minimum absolute atomic E-state index is 0.185. The van der Waals surface area contributed by atoms with Crippen LogP contribution in [0, 0.1) is 6.92 Å². The van der Waals surface area contributed by atoms with Gasteiger partial charge in [-0.1, -0.05) is 49.4 Å².